The summed E-state index contributed by atoms with van der Waals surface area (Å²) in [5.41, 5.74) is 3.12. The van der Waals surface area contributed by atoms with Crippen LogP contribution in [0.15, 0.2) is 54.6 Å². The Balaban J connectivity index is 1.33. The number of amides is 4. The minimum atomic E-state index is -0.536. The van der Waals surface area contributed by atoms with Gasteiger partial charge >= 0.3 is 6.03 Å². The summed E-state index contributed by atoms with van der Waals surface area (Å²) in [5.74, 6) is -0.118. The van der Waals surface area contributed by atoms with Crippen molar-refractivity contribution < 1.29 is 14.4 Å². The molecule has 2 fully saturated rings. The van der Waals surface area contributed by atoms with E-state index in [1.165, 1.54) is 0 Å². The third kappa shape index (κ3) is 3.44. The van der Waals surface area contributed by atoms with E-state index in [0.717, 1.165) is 23.2 Å². The Morgan fingerprint density at radius 2 is 1.74 bits per heavy atom. The highest BCUT2D eigenvalue weighted by atomic mass is 16.2. The van der Waals surface area contributed by atoms with Crippen molar-refractivity contribution in [1.29, 1.82) is 0 Å². The lowest BCUT2D eigenvalue weighted by Crippen LogP contribution is -2.60. The van der Waals surface area contributed by atoms with Crippen molar-refractivity contribution in [2.24, 2.45) is 0 Å². The Hall–Kier alpha value is -3.35. The number of rotatable bonds is 4. The van der Waals surface area contributed by atoms with Crippen LogP contribution in [0.2, 0.25) is 0 Å². The molecule has 3 aliphatic heterocycles. The highest BCUT2D eigenvalue weighted by Crippen LogP contribution is 2.30. The van der Waals surface area contributed by atoms with E-state index in [4.69, 9.17) is 0 Å². The quantitative estimate of drug-likeness (QED) is 0.760. The monoisotopic (exact) mass is 418 g/mol. The summed E-state index contributed by atoms with van der Waals surface area (Å²) in [6.45, 7) is 1.64. The van der Waals surface area contributed by atoms with Crippen LogP contribution >= 0.6 is 0 Å². The molecule has 2 aromatic rings. The summed E-state index contributed by atoms with van der Waals surface area (Å²) in [6.07, 6.45) is 1.32. The molecule has 31 heavy (non-hydrogen) atoms. The van der Waals surface area contributed by atoms with Crippen LogP contribution < -0.4 is 4.90 Å². The molecule has 0 saturated carbocycles. The van der Waals surface area contributed by atoms with Crippen LogP contribution in [0.25, 0.3) is 0 Å². The van der Waals surface area contributed by atoms with Crippen LogP contribution in [0.3, 0.4) is 0 Å². The molecule has 2 atom stereocenters. The first kappa shape index (κ1) is 19.6. The molecule has 3 heterocycles. The summed E-state index contributed by atoms with van der Waals surface area (Å²) in [6, 6.07) is 16.8. The molecule has 0 radical (unpaired) electrons. The second kappa shape index (κ2) is 7.72. The number of carbonyl (C=O) groups excluding carboxylic acids is 3. The van der Waals surface area contributed by atoms with Gasteiger partial charge in [-0.1, -0.05) is 48.5 Å². The highest BCUT2D eigenvalue weighted by molar-refractivity contribution is 5.99. The number of hydrogen-bond donors (Lipinski definition) is 0. The van der Waals surface area contributed by atoms with Gasteiger partial charge in [0.05, 0.1) is 6.04 Å². The zero-order valence-electron chi connectivity index (χ0n) is 17.6. The fraction of sp³-hybridized carbons (Fsp3) is 0.375. The number of carbonyl (C=O) groups is 3. The number of benzene rings is 2. The molecule has 2 saturated heterocycles. The average Bonchev–Trinajstić information content (AvgIpc) is 3.33. The second-order valence-corrected chi connectivity index (χ2v) is 8.57. The number of hydrogen-bond acceptors (Lipinski definition) is 3. The average molecular weight is 418 g/mol. The van der Waals surface area contributed by atoms with Gasteiger partial charge in [0.2, 0.25) is 11.8 Å². The summed E-state index contributed by atoms with van der Waals surface area (Å²) in [4.78, 5) is 46.1. The number of fused-ring (bicyclic) bond motifs is 2. The SMILES string of the molecule is CN1C[C@@H]2CN(CC(=O)N3CCc4ccccc43)C(=O)N2[C@@H](Cc2ccccc2)C1=O. The van der Waals surface area contributed by atoms with Crippen LogP contribution in [0, 0.1) is 0 Å². The standard InChI is InChI=1S/C24H26N4O3/c1-25-14-19-15-26(16-22(29)27-12-11-18-9-5-6-10-20(18)27)24(31)28(19)21(23(25)30)13-17-7-3-2-4-8-17/h2-10,19,21H,11-16H2,1H3/t19-,21+/m1/s1. The predicted octanol–water partition coefficient (Wildman–Crippen LogP) is 1.77. The number of piperazine rings is 1. The number of urea groups is 1. The molecule has 0 unspecified atom stereocenters. The van der Waals surface area contributed by atoms with Gasteiger partial charge in [-0.3, -0.25) is 9.59 Å². The molecule has 7 nitrogen and oxygen atoms in total. The summed E-state index contributed by atoms with van der Waals surface area (Å²) >= 11 is 0. The predicted molar refractivity (Wildman–Crippen MR) is 117 cm³/mol. The Bertz CT molecular complexity index is 1020. The molecule has 2 aromatic carbocycles. The molecule has 7 heteroatoms. The normalized spacial score (nSPS) is 22.7. The van der Waals surface area contributed by atoms with Crippen molar-refractivity contribution in [3.8, 4) is 0 Å². The lowest BCUT2D eigenvalue weighted by Gasteiger charge is -2.40. The van der Waals surface area contributed by atoms with E-state index in [1.807, 2.05) is 54.6 Å². The molecular formula is C24H26N4O3. The second-order valence-electron chi connectivity index (χ2n) is 8.57. The molecule has 0 N–H and O–H groups in total. The van der Waals surface area contributed by atoms with Crippen molar-refractivity contribution in [2.45, 2.75) is 24.9 Å². The zero-order chi connectivity index (χ0) is 21.5. The van der Waals surface area contributed by atoms with Gasteiger partial charge in [0.25, 0.3) is 0 Å². The summed E-state index contributed by atoms with van der Waals surface area (Å²) in [5, 5.41) is 0. The Morgan fingerprint density at radius 3 is 2.55 bits per heavy atom. The van der Waals surface area contributed by atoms with E-state index < -0.39 is 6.04 Å². The van der Waals surface area contributed by atoms with Gasteiger partial charge in [-0.2, -0.15) is 0 Å². The number of anilines is 1. The van der Waals surface area contributed by atoms with E-state index in [0.29, 0.717) is 26.1 Å². The summed E-state index contributed by atoms with van der Waals surface area (Å²) in [7, 11) is 1.79. The fourth-order valence-electron chi connectivity index (χ4n) is 5.05. The maximum Gasteiger partial charge on any atom is 0.321 e. The molecule has 0 spiro atoms. The minimum absolute atomic E-state index is 0.0378. The largest absolute Gasteiger partial charge is 0.342 e. The number of nitrogens with zero attached hydrogens (tertiary/aromatic N) is 4. The van der Waals surface area contributed by atoms with Crippen molar-refractivity contribution >= 4 is 23.5 Å². The van der Waals surface area contributed by atoms with Crippen molar-refractivity contribution in [3.05, 3.63) is 65.7 Å². The molecule has 160 valence electrons. The van der Waals surface area contributed by atoms with Crippen molar-refractivity contribution in [3.63, 3.8) is 0 Å². The number of likely N-dealkylation sites (N-methyl/N-ethyl adjacent to an activating group) is 1. The highest BCUT2D eigenvalue weighted by Gasteiger charge is 2.49. The van der Waals surface area contributed by atoms with Gasteiger partial charge in [0, 0.05) is 38.8 Å². The van der Waals surface area contributed by atoms with E-state index in [2.05, 4.69) is 0 Å². The van der Waals surface area contributed by atoms with Crippen LogP contribution in [0.1, 0.15) is 11.1 Å². The smallest absolute Gasteiger partial charge is 0.321 e. The molecular weight excluding hydrogens is 392 g/mol. The Kier molecular flexibility index (Phi) is 4.88. The van der Waals surface area contributed by atoms with E-state index in [9.17, 15) is 14.4 Å². The van der Waals surface area contributed by atoms with Crippen molar-refractivity contribution in [1.82, 2.24) is 14.7 Å². The summed E-state index contributed by atoms with van der Waals surface area (Å²) < 4.78 is 0. The first-order valence-electron chi connectivity index (χ1n) is 10.8. The van der Waals surface area contributed by atoms with Gasteiger partial charge in [0.15, 0.2) is 0 Å². The Morgan fingerprint density at radius 1 is 1.00 bits per heavy atom. The zero-order valence-corrected chi connectivity index (χ0v) is 17.6. The van der Waals surface area contributed by atoms with Crippen LogP contribution in [-0.4, -0.2) is 77.9 Å². The third-order valence-corrected chi connectivity index (χ3v) is 6.58. The lowest BCUT2D eigenvalue weighted by atomic mass is 9.99. The molecule has 0 aromatic heterocycles. The molecule has 3 aliphatic rings. The van der Waals surface area contributed by atoms with E-state index >= 15 is 0 Å². The van der Waals surface area contributed by atoms with Gasteiger partial charge in [-0.05, 0) is 23.6 Å². The van der Waals surface area contributed by atoms with Gasteiger partial charge in [-0.15, -0.1) is 0 Å². The fourth-order valence-corrected chi connectivity index (χ4v) is 5.05. The third-order valence-electron chi connectivity index (χ3n) is 6.58. The van der Waals surface area contributed by atoms with Crippen molar-refractivity contribution in [2.75, 3.05) is 38.1 Å². The number of para-hydroxylation sites is 1. The van der Waals surface area contributed by atoms with Gasteiger partial charge in [0.1, 0.15) is 12.6 Å². The van der Waals surface area contributed by atoms with Crippen LogP contribution in [0.4, 0.5) is 10.5 Å². The molecule has 5 rings (SSSR count). The topological polar surface area (TPSA) is 64.2 Å². The minimum Gasteiger partial charge on any atom is -0.342 e. The molecule has 4 amide bonds. The maximum atomic E-state index is 13.3. The van der Waals surface area contributed by atoms with Gasteiger partial charge in [-0.25, -0.2) is 4.79 Å². The first-order valence-corrected chi connectivity index (χ1v) is 10.8. The van der Waals surface area contributed by atoms with Crippen LogP contribution in [0.5, 0.6) is 0 Å². The Labute approximate surface area is 181 Å². The molecule has 0 aliphatic carbocycles. The maximum absolute atomic E-state index is 13.3. The molecule has 0 bridgehead atoms. The lowest BCUT2D eigenvalue weighted by molar-refractivity contribution is -0.139. The van der Waals surface area contributed by atoms with E-state index in [1.54, 1.807) is 26.6 Å². The van der Waals surface area contributed by atoms with E-state index in [-0.39, 0.29) is 30.4 Å². The van der Waals surface area contributed by atoms with Gasteiger partial charge < -0.3 is 19.6 Å². The first-order chi connectivity index (χ1) is 15.0. The van der Waals surface area contributed by atoms with Crippen LogP contribution in [-0.2, 0) is 22.4 Å².